The summed E-state index contributed by atoms with van der Waals surface area (Å²) in [5, 5.41) is 10.5. The van der Waals surface area contributed by atoms with Gasteiger partial charge in [0.2, 0.25) is 0 Å². The summed E-state index contributed by atoms with van der Waals surface area (Å²) in [5.74, 6) is 0.367. The number of methoxy groups -OCH3 is 2. The third-order valence-electron chi connectivity index (χ3n) is 3.67. The molecule has 0 unspecified atom stereocenters. The van der Waals surface area contributed by atoms with Crippen LogP contribution in [-0.4, -0.2) is 35.1 Å². The second-order valence-corrected chi connectivity index (χ2v) is 5.45. The third-order valence-corrected chi connectivity index (χ3v) is 3.67. The standard InChI is InChI=1S/C18H17FN4O3/c1-25-16-8-7-14(9-17(16)26-2)20-18(24)15-11-23(22-21-15)10-12-3-5-13(19)6-4-12/h3-9,11H,10H2,1-2H3,(H,20,24). The summed E-state index contributed by atoms with van der Waals surface area (Å²) in [6.45, 7) is 0.386. The predicted molar refractivity (Wildman–Crippen MR) is 93.0 cm³/mol. The van der Waals surface area contributed by atoms with Crippen LogP contribution in [0.2, 0.25) is 0 Å². The Morgan fingerprint density at radius 3 is 2.54 bits per heavy atom. The van der Waals surface area contributed by atoms with E-state index in [4.69, 9.17) is 9.47 Å². The van der Waals surface area contributed by atoms with Gasteiger partial charge in [-0.25, -0.2) is 9.07 Å². The van der Waals surface area contributed by atoms with Crippen molar-refractivity contribution >= 4 is 11.6 Å². The van der Waals surface area contributed by atoms with Crippen LogP contribution in [0, 0.1) is 5.82 Å². The highest BCUT2D eigenvalue weighted by Crippen LogP contribution is 2.29. The number of anilines is 1. The molecule has 0 aliphatic heterocycles. The Morgan fingerprint density at radius 1 is 1.12 bits per heavy atom. The molecule has 0 fully saturated rings. The second-order valence-electron chi connectivity index (χ2n) is 5.45. The zero-order valence-electron chi connectivity index (χ0n) is 14.3. The molecule has 1 heterocycles. The topological polar surface area (TPSA) is 78.3 Å². The molecule has 0 saturated carbocycles. The molecule has 1 amide bonds. The quantitative estimate of drug-likeness (QED) is 0.735. The van der Waals surface area contributed by atoms with E-state index in [2.05, 4.69) is 15.6 Å². The number of ether oxygens (including phenoxy) is 2. The Hall–Kier alpha value is -3.42. The van der Waals surface area contributed by atoms with E-state index in [0.717, 1.165) is 5.56 Å². The first kappa shape index (κ1) is 17.4. The Morgan fingerprint density at radius 2 is 1.85 bits per heavy atom. The highest BCUT2D eigenvalue weighted by atomic mass is 19.1. The molecule has 7 nitrogen and oxygen atoms in total. The lowest BCUT2D eigenvalue weighted by Gasteiger charge is -2.09. The number of carbonyl (C=O) groups is 1. The Bertz CT molecular complexity index is 909. The van der Waals surface area contributed by atoms with E-state index in [9.17, 15) is 9.18 Å². The fourth-order valence-corrected chi connectivity index (χ4v) is 2.37. The zero-order chi connectivity index (χ0) is 18.5. The van der Waals surface area contributed by atoms with Crippen molar-refractivity contribution in [1.82, 2.24) is 15.0 Å². The van der Waals surface area contributed by atoms with Crippen LogP contribution < -0.4 is 14.8 Å². The van der Waals surface area contributed by atoms with Gasteiger partial charge >= 0.3 is 0 Å². The van der Waals surface area contributed by atoms with Crippen LogP contribution in [0.25, 0.3) is 0 Å². The van der Waals surface area contributed by atoms with Crippen LogP contribution in [0.15, 0.2) is 48.7 Å². The Kier molecular flexibility index (Phi) is 5.12. The maximum absolute atomic E-state index is 12.9. The lowest BCUT2D eigenvalue weighted by Crippen LogP contribution is -2.12. The van der Waals surface area contributed by atoms with Crippen molar-refractivity contribution in [3.63, 3.8) is 0 Å². The van der Waals surface area contributed by atoms with Crippen LogP contribution in [0.5, 0.6) is 11.5 Å². The number of hydrogen-bond donors (Lipinski definition) is 1. The molecule has 0 spiro atoms. The van der Waals surface area contributed by atoms with Gasteiger partial charge in [-0.3, -0.25) is 4.79 Å². The van der Waals surface area contributed by atoms with Gasteiger partial charge < -0.3 is 14.8 Å². The first-order valence-electron chi connectivity index (χ1n) is 7.77. The summed E-state index contributed by atoms with van der Waals surface area (Å²) in [5.41, 5.74) is 1.56. The average Bonchev–Trinajstić information content (AvgIpc) is 3.12. The molecule has 1 aromatic heterocycles. The van der Waals surface area contributed by atoms with Crippen LogP contribution >= 0.6 is 0 Å². The SMILES string of the molecule is COc1ccc(NC(=O)c2cn(Cc3ccc(F)cc3)nn2)cc1OC. The summed E-state index contributed by atoms with van der Waals surface area (Å²) in [6.07, 6.45) is 1.53. The number of nitrogens with zero attached hydrogens (tertiary/aromatic N) is 3. The summed E-state index contributed by atoms with van der Waals surface area (Å²) >= 11 is 0. The molecule has 134 valence electrons. The third kappa shape index (κ3) is 3.97. The highest BCUT2D eigenvalue weighted by Gasteiger charge is 2.13. The van der Waals surface area contributed by atoms with E-state index in [0.29, 0.717) is 23.7 Å². The average molecular weight is 356 g/mol. The minimum Gasteiger partial charge on any atom is -0.493 e. The van der Waals surface area contributed by atoms with E-state index in [-0.39, 0.29) is 11.5 Å². The normalized spacial score (nSPS) is 10.4. The summed E-state index contributed by atoms with van der Waals surface area (Å²) in [4.78, 5) is 12.3. The molecule has 26 heavy (non-hydrogen) atoms. The number of carbonyl (C=O) groups excluding carboxylic acids is 1. The molecule has 2 aromatic carbocycles. The van der Waals surface area contributed by atoms with Crippen molar-refractivity contribution in [3.8, 4) is 11.5 Å². The number of nitrogens with one attached hydrogen (secondary N) is 1. The van der Waals surface area contributed by atoms with Gasteiger partial charge in [-0.1, -0.05) is 17.3 Å². The van der Waals surface area contributed by atoms with E-state index in [1.807, 2.05) is 0 Å². The van der Waals surface area contributed by atoms with Gasteiger partial charge in [-0.15, -0.1) is 5.10 Å². The fraction of sp³-hybridized carbons (Fsp3) is 0.167. The van der Waals surface area contributed by atoms with Crippen LogP contribution in [0.3, 0.4) is 0 Å². The monoisotopic (exact) mass is 356 g/mol. The lowest BCUT2D eigenvalue weighted by molar-refractivity contribution is 0.102. The van der Waals surface area contributed by atoms with E-state index in [1.54, 1.807) is 30.3 Å². The van der Waals surface area contributed by atoms with E-state index < -0.39 is 5.91 Å². The minimum atomic E-state index is -0.400. The predicted octanol–water partition coefficient (Wildman–Crippen LogP) is 2.74. The number of hydrogen-bond acceptors (Lipinski definition) is 5. The molecule has 3 aromatic rings. The fourth-order valence-electron chi connectivity index (χ4n) is 2.37. The molecule has 0 aliphatic rings. The maximum atomic E-state index is 12.9. The molecule has 3 rings (SSSR count). The molecular formula is C18H17FN4O3. The van der Waals surface area contributed by atoms with Crippen LogP contribution in [-0.2, 0) is 6.54 Å². The molecule has 0 bridgehead atoms. The summed E-state index contributed by atoms with van der Waals surface area (Å²) in [6, 6.07) is 11.1. The number of aromatic nitrogens is 3. The van der Waals surface area contributed by atoms with Crippen molar-refractivity contribution < 1.29 is 18.7 Å². The summed E-state index contributed by atoms with van der Waals surface area (Å²) < 4.78 is 24.8. The molecule has 1 N–H and O–H groups in total. The van der Waals surface area contributed by atoms with Gasteiger partial charge in [0.1, 0.15) is 5.82 Å². The van der Waals surface area contributed by atoms with Crippen molar-refractivity contribution in [3.05, 3.63) is 65.7 Å². The smallest absolute Gasteiger partial charge is 0.277 e. The first-order chi connectivity index (χ1) is 12.6. The van der Waals surface area contributed by atoms with Crippen molar-refractivity contribution in [2.45, 2.75) is 6.54 Å². The highest BCUT2D eigenvalue weighted by molar-refractivity contribution is 6.02. The molecule has 0 saturated heterocycles. The lowest BCUT2D eigenvalue weighted by atomic mass is 10.2. The Balaban J connectivity index is 1.69. The van der Waals surface area contributed by atoms with Gasteiger partial charge in [0.15, 0.2) is 17.2 Å². The van der Waals surface area contributed by atoms with Gasteiger partial charge in [0.25, 0.3) is 5.91 Å². The van der Waals surface area contributed by atoms with E-state index >= 15 is 0 Å². The maximum Gasteiger partial charge on any atom is 0.277 e. The van der Waals surface area contributed by atoms with Gasteiger partial charge in [-0.05, 0) is 29.8 Å². The molecule has 0 radical (unpaired) electrons. The van der Waals surface area contributed by atoms with Crippen molar-refractivity contribution in [2.24, 2.45) is 0 Å². The molecule has 8 heteroatoms. The van der Waals surface area contributed by atoms with Crippen molar-refractivity contribution in [2.75, 3.05) is 19.5 Å². The van der Waals surface area contributed by atoms with E-state index in [1.165, 1.54) is 37.2 Å². The number of amides is 1. The van der Waals surface area contributed by atoms with Gasteiger partial charge in [0, 0.05) is 11.8 Å². The Labute approximate surface area is 149 Å². The minimum absolute atomic E-state index is 0.168. The number of rotatable bonds is 6. The number of benzene rings is 2. The van der Waals surface area contributed by atoms with Crippen molar-refractivity contribution in [1.29, 1.82) is 0 Å². The van der Waals surface area contributed by atoms with Gasteiger partial charge in [0.05, 0.1) is 27.0 Å². The zero-order valence-corrected chi connectivity index (χ0v) is 14.3. The van der Waals surface area contributed by atoms with Crippen LogP contribution in [0.1, 0.15) is 16.1 Å². The largest absolute Gasteiger partial charge is 0.493 e. The first-order valence-corrected chi connectivity index (χ1v) is 7.77. The molecule has 0 aliphatic carbocycles. The second kappa shape index (κ2) is 7.64. The van der Waals surface area contributed by atoms with Gasteiger partial charge in [-0.2, -0.15) is 0 Å². The van der Waals surface area contributed by atoms with Crippen LogP contribution in [0.4, 0.5) is 10.1 Å². The molecule has 0 atom stereocenters. The number of halogens is 1. The molecular weight excluding hydrogens is 339 g/mol. The summed E-state index contributed by atoms with van der Waals surface area (Å²) in [7, 11) is 3.06.